The van der Waals surface area contributed by atoms with E-state index in [-0.39, 0.29) is 17.7 Å². The van der Waals surface area contributed by atoms with Gasteiger partial charge in [-0.05, 0) is 47.4 Å². The van der Waals surface area contributed by atoms with Crippen LogP contribution in [0.25, 0.3) is 11.2 Å². The largest absolute Gasteiger partial charge is 0.497 e. The number of aromatic amines is 1. The van der Waals surface area contributed by atoms with Gasteiger partial charge >= 0.3 is 0 Å². The van der Waals surface area contributed by atoms with Gasteiger partial charge < -0.3 is 34.0 Å². The van der Waals surface area contributed by atoms with Crippen molar-refractivity contribution in [3.8, 4) is 11.5 Å². The second-order valence-electron chi connectivity index (χ2n) is 10.4. The topological polar surface area (TPSA) is 132 Å². The molecular formula is C32H32N4O6. The number of H-pyrrole nitrogens is 1. The second-order valence-corrected chi connectivity index (χ2v) is 10.4. The monoisotopic (exact) mass is 568 g/mol. The number of hydrogen-bond acceptors (Lipinski definition) is 8. The Morgan fingerprint density at radius 3 is 2.05 bits per heavy atom. The minimum absolute atomic E-state index is 0.127. The summed E-state index contributed by atoms with van der Waals surface area (Å²) in [4.78, 5) is 23.2. The molecule has 5 aromatic rings. The molecule has 1 fully saturated rings. The second kappa shape index (κ2) is 11.4. The summed E-state index contributed by atoms with van der Waals surface area (Å²) in [7, 11) is 3.25. The molecule has 10 heteroatoms. The van der Waals surface area contributed by atoms with Gasteiger partial charge in [-0.25, -0.2) is 9.97 Å². The Morgan fingerprint density at radius 2 is 1.45 bits per heavy atom. The number of rotatable bonds is 9. The molecule has 3 N–H and O–H groups in total. The Hall–Kier alpha value is -4.51. The Balaban J connectivity index is 1.39. The molecule has 0 amide bonds. The lowest BCUT2D eigenvalue weighted by Gasteiger charge is -2.37. The van der Waals surface area contributed by atoms with Crippen molar-refractivity contribution in [2.24, 2.45) is 5.92 Å². The van der Waals surface area contributed by atoms with Crippen molar-refractivity contribution in [3.05, 3.63) is 119 Å². The summed E-state index contributed by atoms with van der Waals surface area (Å²) in [5.41, 5.74) is 1.75. The van der Waals surface area contributed by atoms with Gasteiger partial charge in [0.05, 0.1) is 45.6 Å². The molecule has 0 saturated heterocycles. The molecule has 10 nitrogen and oxygen atoms in total. The first-order valence-corrected chi connectivity index (χ1v) is 13.7. The highest BCUT2D eigenvalue weighted by atomic mass is 16.5. The summed E-state index contributed by atoms with van der Waals surface area (Å²) in [5.74, 6) is 1.00. The van der Waals surface area contributed by atoms with E-state index in [4.69, 9.17) is 14.2 Å². The summed E-state index contributed by atoms with van der Waals surface area (Å²) in [6, 6.07) is 24.8. The van der Waals surface area contributed by atoms with E-state index in [9.17, 15) is 15.0 Å². The van der Waals surface area contributed by atoms with E-state index < -0.39 is 29.8 Å². The van der Waals surface area contributed by atoms with Crippen molar-refractivity contribution >= 4 is 11.2 Å². The van der Waals surface area contributed by atoms with Gasteiger partial charge in [0, 0.05) is 5.92 Å². The lowest BCUT2D eigenvalue weighted by molar-refractivity contribution is -0.0496. The van der Waals surface area contributed by atoms with Crippen LogP contribution in [0.15, 0.2) is 96.3 Å². The van der Waals surface area contributed by atoms with Crippen molar-refractivity contribution in [1.29, 1.82) is 0 Å². The molecule has 0 aliphatic heterocycles. The smallest absolute Gasteiger partial charge is 0.278 e. The van der Waals surface area contributed by atoms with Crippen LogP contribution >= 0.6 is 0 Å². The van der Waals surface area contributed by atoms with Crippen LogP contribution in [0.2, 0.25) is 0 Å². The first-order chi connectivity index (χ1) is 20.5. The lowest BCUT2D eigenvalue weighted by Crippen LogP contribution is -2.37. The van der Waals surface area contributed by atoms with E-state index in [1.165, 1.54) is 12.7 Å². The Morgan fingerprint density at radius 1 is 0.857 bits per heavy atom. The van der Waals surface area contributed by atoms with Crippen LogP contribution < -0.4 is 15.0 Å². The molecular weight excluding hydrogens is 536 g/mol. The van der Waals surface area contributed by atoms with Gasteiger partial charge in [-0.2, -0.15) is 0 Å². The van der Waals surface area contributed by atoms with Crippen molar-refractivity contribution in [2.45, 2.75) is 30.3 Å². The van der Waals surface area contributed by atoms with Crippen LogP contribution in [0.1, 0.15) is 29.2 Å². The third-order valence-electron chi connectivity index (χ3n) is 8.18. The van der Waals surface area contributed by atoms with Gasteiger partial charge in [0.1, 0.15) is 23.2 Å². The van der Waals surface area contributed by atoms with Crippen molar-refractivity contribution < 1.29 is 24.4 Å². The van der Waals surface area contributed by atoms with E-state index in [0.717, 1.165) is 16.7 Å². The summed E-state index contributed by atoms with van der Waals surface area (Å²) in [5, 5.41) is 22.3. The number of aliphatic hydroxyl groups excluding tert-OH is 2. The van der Waals surface area contributed by atoms with Crippen molar-refractivity contribution in [3.63, 3.8) is 0 Å². The molecule has 216 valence electrons. The fourth-order valence-electron chi connectivity index (χ4n) is 5.95. The first-order valence-electron chi connectivity index (χ1n) is 13.7. The maximum Gasteiger partial charge on any atom is 0.278 e. The molecule has 1 saturated carbocycles. The average molecular weight is 569 g/mol. The number of imidazole rings is 1. The Bertz CT molecular complexity index is 1650. The van der Waals surface area contributed by atoms with Crippen LogP contribution in [0, 0.1) is 5.92 Å². The predicted molar refractivity (Wildman–Crippen MR) is 156 cm³/mol. The molecule has 1 aliphatic carbocycles. The normalized spacial score (nSPS) is 20.6. The summed E-state index contributed by atoms with van der Waals surface area (Å²) < 4.78 is 19.5. The van der Waals surface area contributed by atoms with E-state index >= 15 is 0 Å². The Kier molecular flexibility index (Phi) is 7.51. The fourth-order valence-corrected chi connectivity index (χ4v) is 5.95. The number of hydrogen-bond donors (Lipinski definition) is 3. The van der Waals surface area contributed by atoms with E-state index in [1.54, 1.807) is 18.8 Å². The fraction of sp³-hybridized carbons (Fsp3) is 0.281. The van der Waals surface area contributed by atoms with Crippen molar-refractivity contribution in [2.75, 3.05) is 20.8 Å². The number of ether oxygens (including phenoxy) is 3. The van der Waals surface area contributed by atoms with Gasteiger partial charge in [0.15, 0.2) is 11.2 Å². The molecule has 0 radical (unpaired) electrons. The highest BCUT2D eigenvalue weighted by Gasteiger charge is 2.45. The minimum atomic E-state index is -1.11. The number of nitrogens with one attached hydrogen (secondary N) is 1. The number of methoxy groups -OCH3 is 2. The van der Waals surface area contributed by atoms with Crippen LogP contribution in [0.5, 0.6) is 11.5 Å². The van der Waals surface area contributed by atoms with Gasteiger partial charge in [-0.3, -0.25) is 4.79 Å². The van der Waals surface area contributed by atoms with Crippen LogP contribution in [0.3, 0.4) is 0 Å². The zero-order valence-corrected chi connectivity index (χ0v) is 23.3. The molecule has 2 aromatic heterocycles. The zero-order valence-electron chi connectivity index (χ0n) is 23.3. The molecule has 0 spiro atoms. The number of nitrogens with zero attached hydrogens (tertiary/aromatic N) is 3. The van der Waals surface area contributed by atoms with E-state index in [0.29, 0.717) is 23.6 Å². The number of fused-ring (bicyclic) bond motifs is 1. The molecule has 0 bridgehead atoms. The number of benzene rings is 3. The van der Waals surface area contributed by atoms with Crippen molar-refractivity contribution in [1.82, 2.24) is 19.5 Å². The minimum Gasteiger partial charge on any atom is -0.497 e. The number of aromatic nitrogens is 4. The highest BCUT2D eigenvalue weighted by molar-refractivity contribution is 5.69. The van der Waals surface area contributed by atoms with Crippen LogP contribution in [-0.2, 0) is 10.3 Å². The maximum absolute atomic E-state index is 12.2. The quantitative estimate of drug-likeness (QED) is 0.231. The third kappa shape index (κ3) is 4.73. The van der Waals surface area contributed by atoms with Crippen LogP contribution in [-0.4, -0.2) is 62.8 Å². The first kappa shape index (κ1) is 27.6. The lowest BCUT2D eigenvalue weighted by atomic mass is 9.79. The van der Waals surface area contributed by atoms with E-state index in [2.05, 4.69) is 15.0 Å². The molecule has 4 atom stereocenters. The molecule has 3 aromatic carbocycles. The molecule has 1 aliphatic rings. The van der Waals surface area contributed by atoms with E-state index in [1.807, 2.05) is 78.9 Å². The maximum atomic E-state index is 12.2. The summed E-state index contributed by atoms with van der Waals surface area (Å²) in [6.07, 6.45) is 0.997. The summed E-state index contributed by atoms with van der Waals surface area (Å²) >= 11 is 0. The van der Waals surface area contributed by atoms with Crippen LogP contribution in [0.4, 0.5) is 0 Å². The van der Waals surface area contributed by atoms with Gasteiger partial charge in [0.25, 0.3) is 5.56 Å². The predicted octanol–water partition coefficient (Wildman–Crippen LogP) is 3.43. The molecule has 42 heavy (non-hydrogen) atoms. The van der Waals surface area contributed by atoms with Gasteiger partial charge in [0.2, 0.25) is 0 Å². The standard InChI is InChI=1S/C32H32N4O6/c1-40-24-12-8-22(9-13-24)32(21-6-4-3-5-7-21,23-10-14-25(41-2)15-11-23)42-17-20-16-26(29(38)28(20)37)36-19-35-27-30(36)33-18-34-31(27)39/h3-15,18-20,26,28-29,37-38H,16-17H2,1-2H3,(H,33,34,39)/t20-,26-,28-,29+/m1/s1. The van der Waals surface area contributed by atoms with Gasteiger partial charge in [-0.1, -0.05) is 54.6 Å². The summed E-state index contributed by atoms with van der Waals surface area (Å²) in [6.45, 7) is 0.127. The Labute approximate surface area is 242 Å². The molecule has 6 rings (SSSR count). The molecule has 2 heterocycles. The average Bonchev–Trinajstić information content (AvgIpc) is 3.59. The SMILES string of the molecule is COc1ccc(C(OC[C@H]2C[C@@H](n3cnc4c(=O)[nH]cnc43)[C@H](O)[C@@H]2O)(c2ccccc2)c2ccc(OC)cc2)cc1. The zero-order chi connectivity index (χ0) is 29.3. The van der Waals surface area contributed by atoms with Gasteiger partial charge in [-0.15, -0.1) is 0 Å². The third-order valence-corrected chi connectivity index (χ3v) is 8.18. The number of aliphatic hydroxyl groups is 2. The molecule has 0 unspecified atom stereocenters. The highest BCUT2D eigenvalue weighted by Crippen LogP contribution is 2.44.